The number of esters is 1. The SMILES string of the molecule is C=C(C)C(=O)OCCCSC(C)OCC. The van der Waals surface area contributed by atoms with Gasteiger partial charge in [-0.3, -0.25) is 0 Å². The highest BCUT2D eigenvalue weighted by Gasteiger charge is 2.03. The van der Waals surface area contributed by atoms with Crippen molar-refractivity contribution in [2.24, 2.45) is 0 Å². The fraction of sp³-hybridized carbons (Fsp3) is 0.727. The minimum atomic E-state index is -0.308. The van der Waals surface area contributed by atoms with E-state index in [4.69, 9.17) is 9.47 Å². The summed E-state index contributed by atoms with van der Waals surface area (Å²) in [7, 11) is 0. The van der Waals surface area contributed by atoms with Crippen LogP contribution in [0.15, 0.2) is 12.2 Å². The molecule has 0 aromatic rings. The molecule has 1 atom stereocenters. The molecule has 0 fully saturated rings. The zero-order chi connectivity index (χ0) is 11.7. The minimum absolute atomic E-state index is 0.215. The van der Waals surface area contributed by atoms with Crippen LogP contribution in [0.4, 0.5) is 0 Å². The molecule has 1 unspecified atom stereocenters. The van der Waals surface area contributed by atoms with Crippen LogP contribution in [0.2, 0.25) is 0 Å². The van der Waals surface area contributed by atoms with Crippen LogP contribution in [-0.2, 0) is 14.3 Å². The third kappa shape index (κ3) is 8.51. The van der Waals surface area contributed by atoms with Gasteiger partial charge < -0.3 is 9.47 Å². The van der Waals surface area contributed by atoms with Gasteiger partial charge in [0.1, 0.15) is 0 Å². The second-order valence-electron chi connectivity index (χ2n) is 3.16. The highest BCUT2D eigenvalue weighted by Crippen LogP contribution is 2.12. The van der Waals surface area contributed by atoms with Crippen LogP contribution in [0.1, 0.15) is 27.2 Å². The van der Waals surface area contributed by atoms with Crippen molar-refractivity contribution >= 4 is 17.7 Å². The van der Waals surface area contributed by atoms with Gasteiger partial charge in [0.2, 0.25) is 0 Å². The fourth-order valence-electron chi connectivity index (χ4n) is 0.879. The van der Waals surface area contributed by atoms with E-state index in [1.54, 1.807) is 18.7 Å². The first kappa shape index (κ1) is 14.5. The van der Waals surface area contributed by atoms with Crippen molar-refractivity contribution in [2.75, 3.05) is 19.0 Å². The molecule has 0 heterocycles. The minimum Gasteiger partial charge on any atom is -0.462 e. The first-order valence-electron chi connectivity index (χ1n) is 5.13. The molecule has 3 nitrogen and oxygen atoms in total. The van der Waals surface area contributed by atoms with Crippen LogP contribution < -0.4 is 0 Å². The second-order valence-corrected chi connectivity index (χ2v) is 4.57. The van der Waals surface area contributed by atoms with Crippen LogP contribution >= 0.6 is 11.8 Å². The van der Waals surface area contributed by atoms with Gasteiger partial charge in [0, 0.05) is 12.2 Å². The predicted octanol–water partition coefficient (Wildman–Crippen LogP) is 2.61. The summed E-state index contributed by atoms with van der Waals surface area (Å²) in [5, 5.41) is 0. The number of ether oxygens (including phenoxy) is 2. The van der Waals surface area contributed by atoms with Crippen molar-refractivity contribution < 1.29 is 14.3 Å². The molecule has 0 aromatic heterocycles. The quantitative estimate of drug-likeness (QED) is 0.279. The van der Waals surface area contributed by atoms with E-state index in [9.17, 15) is 4.79 Å². The van der Waals surface area contributed by atoms with E-state index >= 15 is 0 Å². The molecule has 0 saturated carbocycles. The lowest BCUT2D eigenvalue weighted by Crippen LogP contribution is -2.08. The predicted molar refractivity (Wildman–Crippen MR) is 63.9 cm³/mol. The Bertz CT molecular complexity index is 204. The number of rotatable bonds is 8. The normalized spacial score (nSPS) is 12.2. The second kappa shape index (κ2) is 8.80. The molecule has 0 aliphatic rings. The average molecular weight is 232 g/mol. The monoisotopic (exact) mass is 232 g/mol. The average Bonchev–Trinajstić information content (AvgIpc) is 2.17. The molecule has 88 valence electrons. The molecule has 0 N–H and O–H groups in total. The number of hydrogen-bond donors (Lipinski definition) is 0. The van der Waals surface area contributed by atoms with E-state index in [-0.39, 0.29) is 11.4 Å². The maximum Gasteiger partial charge on any atom is 0.333 e. The van der Waals surface area contributed by atoms with Gasteiger partial charge in [-0.05, 0) is 32.9 Å². The summed E-state index contributed by atoms with van der Waals surface area (Å²) in [6.07, 6.45) is 0.848. The van der Waals surface area contributed by atoms with E-state index in [2.05, 4.69) is 6.58 Å². The van der Waals surface area contributed by atoms with Gasteiger partial charge in [-0.2, -0.15) is 0 Å². The number of carbonyl (C=O) groups excluding carboxylic acids is 1. The fourth-order valence-corrected chi connectivity index (χ4v) is 1.73. The Labute approximate surface area is 96.2 Å². The Hall–Kier alpha value is -0.480. The molecule has 0 amide bonds. The summed E-state index contributed by atoms with van der Waals surface area (Å²) in [5.74, 6) is 0.628. The van der Waals surface area contributed by atoms with Gasteiger partial charge in [-0.25, -0.2) is 4.79 Å². The zero-order valence-corrected chi connectivity index (χ0v) is 10.6. The van der Waals surface area contributed by atoms with E-state index in [1.807, 2.05) is 13.8 Å². The molecule has 0 radical (unpaired) electrons. The van der Waals surface area contributed by atoms with Crippen molar-refractivity contribution in [3.63, 3.8) is 0 Å². The molecular weight excluding hydrogens is 212 g/mol. The molecule has 0 bridgehead atoms. The van der Waals surface area contributed by atoms with Crippen molar-refractivity contribution in [1.29, 1.82) is 0 Å². The summed E-state index contributed by atoms with van der Waals surface area (Å²) < 4.78 is 10.3. The van der Waals surface area contributed by atoms with Crippen LogP contribution in [0, 0.1) is 0 Å². The Morgan fingerprint density at radius 2 is 2.20 bits per heavy atom. The third-order valence-electron chi connectivity index (χ3n) is 1.62. The molecule has 0 rings (SSSR count). The molecule has 0 aromatic carbocycles. The van der Waals surface area contributed by atoms with Gasteiger partial charge in [0.15, 0.2) is 0 Å². The summed E-state index contributed by atoms with van der Waals surface area (Å²) in [5.41, 5.74) is 0.664. The molecule has 15 heavy (non-hydrogen) atoms. The van der Waals surface area contributed by atoms with Gasteiger partial charge in [-0.1, -0.05) is 6.58 Å². The van der Waals surface area contributed by atoms with E-state index in [0.29, 0.717) is 12.2 Å². The van der Waals surface area contributed by atoms with Crippen LogP contribution in [0.25, 0.3) is 0 Å². The number of carbonyl (C=O) groups is 1. The van der Waals surface area contributed by atoms with Crippen LogP contribution in [0.5, 0.6) is 0 Å². The lowest BCUT2D eigenvalue weighted by Gasteiger charge is -2.10. The van der Waals surface area contributed by atoms with Gasteiger partial charge in [-0.15, -0.1) is 11.8 Å². The Kier molecular flexibility index (Phi) is 8.52. The first-order valence-corrected chi connectivity index (χ1v) is 6.18. The summed E-state index contributed by atoms with van der Waals surface area (Å²) >= 11 is 1.73. The highest BCUT2D eigenvalue weighted by molar-refractivity contribution is 7.99. The summed E-state index contributed by atoms with van der Waals surface area (Å²) in [4.78, 5) is 11.0. The van der Waals surface area contributed by atoms with Gasteiger partial charge in [0.05, 0.1) is 12.0 Å². The van der Waals surface area contributed by atoms with Gasteiger partial charge >= 0.3 is 5.97 Å². The number of thioether (sulfide) groups is 1. The molecule has 0 spiro atoms. The molecule has 0 saturated heterocycles. The highest BCUT2D eigenvalue weighted by atomic mass is 32.2. The van der Waals surface area contributed by atoms with Crippen molar-refractivity contribution in [1.82, 2.24) is 0 Å². The standard InChI is InChI=1S/C11H20O3S/c1-5-13-10(4)15-8-6-7-14-11(12)9(2)3/h10H,2,5-8H2,1,3-4H3. The largest absolute Gasteiger partial charge is 0.462 e. The Balaban J connectivity index is 3.32. The molecular formula is C11H20O3S. The van der Waals surface area contributed by atoms with E-state index in [1.165, 1.54) is 0 Å². The van der Waals surface area contributed by atoms with Crippen molar-refractivity contribution in [2.45, 2.75) is 32.6 Å². The van der Waals surface area contributed by atoms with Crippen LogP contribution in [0.3, 0.4) is 0 Å². The zero-order valence-electron chi connectivity index (χ0n) is 9.75. The Morgan fingerprint density at radius 1 is 1.53 bits per heavy atom. The van der Waals surface area contributed by atoms with Crippen molar-refractivity contribution in [3.8, 4) is 0 Å². The molecule has 0 aliphatic carbocycles. The summed E-state index contributed by atoms with van der Waals surface area (Å²) in [6.45, 7) is 10.3. The maximum absolute atomic E-state index is 11.0. The molecule has 0 aliphatic heterocycles. The maximum atomic E-state index is 11.0. The number of hydrogen-bond acceptors (Lipinski definition) is 4. The lowest BCUT2D eigenvalue weighted by atomic mass is 10.4. The van der Waals surface area contributed by atoms with E-state index in [0.717, 1.165) is 18.8 Å². The topological polar surface area (TPSA) is 35.5 Å². The van der Waals surface area contributed by atoms with Crippen LogP contribution in [-0.4, -0.2) is 30.4 Å². The van der Waals surface area contributed by atoms with Gasteiger partial charge in [0.25, 0.3) is 0 Å². The smallest absolute Gasteiger partial charge is 0.333 e. The Morgan fingerprint density at radius 3 is 2.73 bits per heavy atom. The molecule has 4 heteroatoms. The van der Waals surface area contributed by atoms with Crippen molar-refractivity contribution in [3.05, 3.63) is 12.2 Å². The first-order chi connectivity index (χ1) is 7.07. The summed E-state index contributed by atoms with van der Waals surface area (Å²) in [6, 6.07) is 0. The third-order valence-corrected chi connectivity index (χ3v) is 2.75. The van der Waals surface area contributed by atoms with E-state index < -0.39 is 0 Å². The lowest BCUT2D eigenvalue weighted by molar-refractivity contribution is -0.138.